The van der Waals surface area contributed by atoms with Gasteiger partial charge in [0.05, 0.1) is 0 Å². The third kappa shape index (κ3) is 4.05. The molecule has 0 aliphatic carbocycles. The van der Waals surface area contributed by atoms with Gasteiger partial charge in [0.1, 0.15) is 18.2 Å². The average molecular weight is 287 g/mol. The number of ether oxygens (including phenoxy) is 1. The van der Waals surface area contributed by atoms with Gasteiger partial charge in [-0.05, 0) is 42.2 Å². The van der Waals surface area contributed by atoms with Crippen LogP contribution in [-0.2, 0) is 6.61 Å². The summed E-state index contributed by atoms with van der Waals surface area (Å²) in [6, 6.07) is 12.5. The highest BCUT2D eigenvalue weighted by atomic mass is 19.1. The van der Waals surface area contributed by atoms with Crippen LogP contribution in [0.3, 0.4) is 0 Å². The van der Waals surface area contributed by atoms with E-state index in [1.165, 1.54) is 17.7 Å². The lowest BCUT2D eigenvalue weighted by Gasteiger charge is -2.14. The molecule has 0 aliphatic heterocycles. The van der Waals surface area contributed by atoms with Gasteiger partial charge in [-0.15, -0.1) is 0 Å². The molecule has 0 radical (unpaired) electrons. The van der Waals surface area contributed by atoms with Crippen molar-refractivity contribution in [1.82, 2.24) is 0 Å². The van der Waals surface area contributed by atoms with E-state index in [2.05, 4.69) is 38.1 Å². The van der Waals surface area contributed by atoms with Gasteiger partial charge in [-0.2, -0.15) is 0 Å². The van der Waals surface area contributed by atoms with Crippen LogP contribution in [0, 0.1) is 5.82 Å². The molecule has 0 bridgehead atoms. The maximum absolute atomic E-state index is 13.3. The highest BCUT2D eigenvalue weighted by Gasteiger charge is 2.10. The first-order chi connectivity index (χ1) is 9.97. The number of benzene rings is 2. The van der Waals surface area contributed by atoms with Gasteiger partial charge in [0.2, 0.25) is 0 Å². The molecule has 0 heterocycles. The molecule has 1 atom stereocenters. The van der Waals surface area contributed by atoms with Gasteiger partial charge in [-0.25, -0.2) is 4.39 Å². The summed E-state index contributed by atoms with van der Waals surface area (Å²) in [7, 11) is 0. The molecule has 0 spiro atoms. The van der Waals surface area contributed by atoms with Crippen molar-refractivity contribution in [2.75, 3.05) is 0 Å². The summed E-state index contributed by atoms with van der Waals surface area (Å²) in [5.74, 6) is 0.858. The largest absolute Gasteiger partial charge is 0.489 e. The molecule has 2 N–H and O–H groups in total. The van der Waals surface area contributed by atoms with Crippen LogP contribution in [0.5, 0.6) is 5.75 Å². The molecule has 0 aromatic heterocycles. The summed E-state index contributed by atoms with van der Waals surface area (Å²) in [5, 5.41) is 0. The normalized spacial score (nSPS) is 12.5. The van der Waals surface area contributed by atoms with Gasteiger partial charge < -0.3 is 10.5 Å². The van der Waals surface area contributed by atoms with Gasteiger partial charge >= 0.3 is 0 Å². The van der Waals surface area contributed by atoms with Crippen LogP contribution in [-0.4, -0.2) is 0 Å². The van der Waals surface area contributed by atoms with Crippen LogP contribution in [0.25, 0.3) is 0 Å². The molecule has 0 unspecified atom stereocenters. The van der Waals surface area contributed by atoms with Crippen molar-refractivity contribution in [3.8, 4) is 5.75 Å². The highest BCUT2D eigenvalue weighted by Crippen LogP contribution is 2.25. The molecule has 3 heteroatoms. The molecule has 2 nitrogen and oxygen atoms in total. The Bertz CT molecular complexity index is 591. The van der Waals surface area contributed by atoms with Crippen molar-refractivity contribution in [1.29, 1.82) is 0 Å². The van der Waals surface area contributed by atoms with E-state index in [1.54, 1.807) is 6.07 Å². The van der Waals surface area contributed by atoms with E-state index in [1.807, 2.05) is 6.92 Å². The molecule has 0 saturated carbocycles. The molecule has 112 valence electrons. The monoisotopic (exact) mass is 287 g/mol. The molecule has 0 amide bonds. The zero-order valence-corrected chi connectivity index (χ0v) is 12.8. The fourth-order valence-electron chi connectivity index (χ4n) is 2.17. The molecule has 0 aliphatic rings. The molecular formula is C18H22FNO. The topological polar surface area (TPSA) is 35.2 Å². The van der Waals surface area contributed by atoms with E-state index in [0.717, 1.165) is 5.56 Å². The summed E-state index contributed by atoms with van der Waals surface area (Å²) in [4.78, 5) is 0. The predicted molar refractivity (Wildman–Crippen MR) is 83.9 cm³/mol. The second-order valence-electron chi connectivity index (χ2n) is 5.66. The lowest BCUT2D eigenvalue weighted by Crippen LogP contribution is -2.08. The van der Waals surface area contributed by atoms with Crippen molar-refractivity contribution in [2.45, 2.75) is 39.3 Å². The van der Waals surface area contributed by atoms with Crippen molar-refractivity contribution >= 4 is 0 Å². The molecule has 2 aromatic carbocycles. The first-order valence-corrected chi connectivity index (χ1v) is 7.24. The molecule has 21 heavy (non-hydrogen) atoms. The Hall–Kier alpha value is -1.87. The van der Waals surface area contributed by atoms with Gasteiger partial charge in [-0.3, -0.25) is 0 Å². The minimum atomic E-state index is -0.295. The summed E-state index contributed by atoms with van der Waals surface area (Å²) >= 11 is 0. The van der Waals surface area contributed by atoms with Crippen molar-refractivity contribution < 1.29 is 9.13 Å². The fourth-order valence-corrected chi connectivity index (χ4v) is 2.17. The quantitative estimate of drug-likeness (QED) is 0.875. The minimum absolute atomic E-state index is 0.265. The lowest BCUT2D eigenvalue weighted by molar-refractivity contribution is 0.301. The summed E-state index contributed by atoms with van der Waals surface area (Å²) in [6.45, 7) is 6.60. The van der Waals surface area contributed by atoms with Gasteiger partial charge in [0.15, 0.2) is 0 Å². The molecule has 0 saturated heterocycles. The molecular weight excluding hydrogens is 265 g/mol. The second kappa shape index (κ2) is 6.72. The average Bonchev–Trinajstić information content (AvgIpc) is 2.46. The number of rotatable bonds is 5. The van der Waals surface area contributed by atoms with E-state index >= 15 is 0 Å². The van der Waals surface area contributed by atoms with Gasteiger partial charge in [0.25, 0.3) is 0 Å². The first kappa shape index (κ1) is 15.5. The van der Waals surface area contributed by atoms with E-state index in [4.69, 9.17) is 10.5 Å². The standard InChI is InChI=1S/C18H22FNO/c1-12(2)15-6-4-14(5-7-15)11-21-18-9-8-16(19)10-17(18)13(3)20/h4-10,12-13H,11,20H2,1-3H3/t13-/m1/s1. The van der Waals surface area contributed by atoms with Crippen LogP contribution in [0.4, 0.5) is 4.39 Å². The number of hydrogen-bond donors (Lipinski definition) is 1. The minimum Gasteiger partial charge on any atom is -0.489 e. The lowest BCUT2D eigenvalue weighted by atomic mass is 10.0. The zero-order valence-electron chi connectivity index (χ0n) is 12.8. The summed E-state index contributed by atoms with van der Waals surface area (Å²) in [5.41, 5.74) is 8.93. The van der Waals surface area contributed by atoms with E-state index in [-0.39, 0.29) is 11.9 Å². The van der Waals surface area contributed by atoms with Crippen LogP contribution in [0.2, 0.25) is 0 Å². The Kier molecular flexibility index (Phi) is 4.97. The SMILES string of the molecule is CC(C)c1ccc(COc2ccc(F)cc2[C@@H](C)N)cc1. The molecule has 2 aromatic rings. The van der Waals surface area contributed by atoms with Crippen molar-refractivity contribution in [2.24, 2.45) is 5.73 Å². The third-order valence-corrected chi connectivity index (χ3v) is 3.50. The van der Waals surface area contributed by atoms with E-state index in [0.29, 0.717) is 23.8 Å². The first-order valence-electron chi connectivity index (χ1n) is 7.24. The van der Waals surface area contributed by atoms with Gasteiger partial charge in [-0.1, -0.05) is 38.1 Å². The Morgan fingerprint density at radius 2 is 1.71 bits per heavy atom. The zero-order chi connectivity index (χ0) is 15.4. The highest BCUT2D eigenvalue weighted by molar-refractivity contribution is 5.36. The Morgan fingerprint density at radius 1 is 1.05 bits per heavy atom. The Labute approximate surface area is 125 Å². The second-order valence-corrected chi connectivity index (χ2v) is 5.66. The molecule has 0 fully saturated rings. The summed E-state index contributed by atoms with van der Waals surface area (Å²) < 4.78 is 19.1. The van der Waals surface area contributed by atoms with Crippen LogP contribution >= 0.6 is 0 Å². The van der Waals surface area contributed by atoms with Crippen molar-refractivity contribution in [3.63, 3.8) is 0 Å². The third-order valence-electron chi connectivity index (χ3n) is 3.50. The van der Waals surface area contributed by atoms with Gasteiger partial charge in [0, 0.05) is 11.6 Å². The number of hydrogen-bond acceptors (Lipinski definition) is 2. The smallest absolute Gasteiger partial charge is 0.124 e. The Morgan fingerprint density at radius 3 is 2.29 bits per heavy atom. The summed E-state index contributed by atoms with van der Waals surface area (Å²) in [6.07, 6.45) is 0. The van der Waals surface area contributed by atoms with E-state index < -0.39 is 0 Å². The Balaban J connectivity index is 2.09. The fraction of sp³-hybridized carbons (Fsp3) is 0.333. The number of nitrogens with two attached hydrogens (primary N) is 1. The van der Waals surface area contributed by atoms with E-state index in [9.17, 15) is 4.39 Å². The van der Waals surface area contributed by atoms with Crippen LogP contribution in [0.1, 0.15) is 49.4 Å². The number of halogens is 1. The van der Waals surface area contributed by atoms with Crippen LogP contribution in [0.15, 0.2) is 42.5 Å². The molecule has 2 rings (SSSR count). The van der Waals surface area contributed by atoms with Crippen molar-refractivity contribution in [3.05, 3.63) is 65.0 Å². The van der Waals surface area contributed by atoms with Crippen LogP contribution < -0.4 is 10.5 Å². The maximum atomic E-state index is 13.3. The maximum Gasteiger partial charge on any atom is 0.124 e. The predicted octanol–water partition coefficient (Wildman–Crippen LogP) is 4.55.